The first-order chi connectivity index (χ1) is 20.0. The molecule has 218 valence electrons. The normalized spacial score (nSPS) is 15.4. The van der Waals surface area contributed by atoms with Gasteiger partial charge in [0.1, 0.15) is 11.6 Å². The molecule has 1 saturated heterocycles. The number of hydrogen-bond acceptors (Lipinski definition) is 7. The molecular formula is C30H30Cl2FN7O2. The average Bonchev–Trinajstić information content (AvgIpc) is 2.95. The number of nitrogens with one attached hydrogen (secondary N) is 1. The predicted octanol–water partition coefficient (Wildman–Crippen LogP) is 6.02. The van der Waals surface area contributed by atoms with Crippen LogP contribution in [0.5, 0.6) is 0 Å². The Bertz CT molecular complexity index is 1780. The molecular weight excluding hydrogens is 580 g/mol. The molecule has 1 fully saturated rings. The summed E-state index contributed by atoms with van der Waals surface area (Å²) >= 11 is 12.6. The van der Waals surface area contributed by atoms with Crippen LogP contribution >= 0.6 is 23.2 Å². The second kappa shape index (κ2) is 11.7. The molecule has 0 aliphatic carbocycles. The molecule has 9 nitrogen and oxygen atoms in total. The number of hydrogen-bond donors (Lipinski definition) is 1. The first kappa shape index (κ1) is 29.5. The van der Waals surface area contributed by atoms with Gasteiger partial charge in [0, 0.05) is 37.6 Å². The molecule has 0 spiro atoms. The van der Waals surface area contributed by atoms with Crippen molar-refractivity contribution in [3.63, 3.8) is 0 Å². The smallest absolute Gasteiger partial charge is 0.350 e. The summed E-state index contributed by atoms with van der Waals surface area (Å²) in [6.07, 6.45) is 3.01. The first-order valence-corrected chi connectivity index (χ1v) is 14.2. The Kier molecular flexibility index (Phi) is 8.21. The highest BCUT2D eigenvalue weighted by Crippen LogP contribution is 2.35. The van der Waals surface area contributed by atoms with Crippen molar-refractivity contribution in [2.24, 2.45) is 0 Å². The van der Waals surface area contributed by atoms with Crippen molar-refractivity contribution in [1.29, 1.82) is 0 Å². The number of anilines is 3. The van der Waals surface area contributed by atoms with E-state index in [9.17, 15) is 14.0 Å². The lowest BCUT2D eigenvalue weighted by Crippen LogP contribution is -2.54. The average molecular weight is 611 g/mol. The third-order valence-corrected chi connectivity index (χ3v) is 7.89. The van der Waals surface area contributed by atoms with E-state index in [0.29, 0.717) is 53.6 Å². The molecule has 42 heavy (non-hydrogen) atoms. The molecule has 3 aromatic heterocycles. The Balaban J connectivity index is 1.74. The Morgan fingerprint density at radius 2 is 1.93 bits per heavy atom. The number of nitrogens with zero attached hydrogens (tertiary/aromatic N) is 6. The molecule has 1 amide bonds. The summed E-state index contributed by atoms with van der Waals surface area (Å²) in [6.45, 7) is 12.8. The van der Waals surface area contributed by atoms with Gasteiger partial charge >= 0.3 is 5.69 Å². The minimum Gasteiger partial charge on any atom is -0.350 e. The van der Waals surface area contributed by atoms with Gasteiger partial charge in [-0.15, -0.1) is 0 Å². The summed E-state index contributed by atoms with van der Waals surface area (Å²) in [5.41, 5.74) is 2.28. The maximum atomic E-state index is 14.2. The maximum Gasteiger partial charge on any atom is 0.355 e. The molecule has 4 heterocycles. The summed E-state index contributed by atoms with van der Waals surface area (Å²) < 4.78 is 15.7. The number of carbonyl (C=O) groups excluding carboxylic acids is 1. The second-order valence-corrected chi connectivity index (χ2v) is 11.4. The fourth-order valence-electron chi connectivity index (χ4n) is 5.21. The van der Waals surface area contributed by atoms with Crippen molar-refractivity contribution in [3.8, 4) is 5.69 Å². The van der Waals surface area contributed by atoms with Crippen LogP contribution in [0.3, 0.4) is 0 Å². The lowest BCUT2D eigenvalue weighted by molar-refractivity contribution is -0.126. The third-order valence-electron chi connectivity index (χ3n) is 7.29. The Morgan fingerprint density at radius 1 is 1.17 bits per heavy atom. The molecule has 0 bridgehead atoms. The molecule has 1 atom stereocenters. The number of carbonyl (C=O) groups is 1. The van der Waals surface area contributed by atoms with Gasteiger partial charge in [-0.25, -0.2) is 18.7 Å². The van der Waals surface area contributed by atoms with E-state index in [2.05, 4.69) is 21.9 Å². The van der Waals surface area contributed by atoms with Crippen molar-refractivity contribution in [3.05, 3.63) is 86.8 Å². The molecule has 0 saturated carbocycles. The minimum absolute atomic E-state index is 0.000962. The van der Waals surface area contributed by atoms with Gasteiger partial charge in [0.2, 0.25) is 5.91 Å². The molecule has 12 heteroatoms. The van der Waals surface area contributed by atoms with Gasteiger partial charge in [-0.05, 0) is 61.7 Å². The molecule has 1 aliphatic heterocycles. The van der Waals surface area contributed by atoms with E-state index in [0.717, 1.165) is 5.56 Å². The molecule has 1 aromatic carbocycles. The highest BCUT2D eigenvalue weighted by molar-refractivity contribution is 6.34. The van der Waals surface area contributed by atoms with Crippen molar-refractivity contribution < 1.29 is 9.18 Å². The van der Waals surface area contributed by atoms with E-state index in [1.54, 1.807) is 23.2 Å². The van der Waals surface area contributed by atoms with Crippen molar-refractivity contribution in [1.82, 2.24) is 24.4 Å². The molecule has 0 radical (unpaired) electrons. The van der Waals surface area contributed by atoms with Crippen LogP contribution in [0, 0.1) is 12.7 Å². The number of fused-ring (bicyclic) bond motifs is 1. The molecule has 4 aromatic rings. The van der Waals surface area contributed by atoms with E-state index in [1.165, 1.54) is 22.8 Å². The van der Waals surface area contributed by atoms with Crippen LogP contribution in [-0.4, -0.2) is 56.0 Å². The summed E-state index contributed by atoms with van der Waals surface area (Å²) in [4.78, 5) is 43.9. The fourth-order valence-corrected chi connectivity index (χ4v) is 5.53. The van der Waals surface area contributed by atoms with Crippen LogP contribution in [0.2, 0.25) is 10.0 Å². The Morgan fingerprint density at radius 3 is 2.60 bits per heavy atom. The quantitative estimate of drug-likeness (QED) is 0.267. The summed E-state index contributed by atoms with van der Waals surface area (Å²) in [6, 6.07) is 7.64. The number of amides is 1. The highest BCUT2D eigenvalue weighted by atomic mass is 35.5. The van der Waals surface area contributed by atoms with E-state index in [1.807, 2.05) is 38.7 Å². The minimum atomic E-state index is -0.599. The van der Waals surface area contributed by atoms with Crippen LogP contribution in [0.1, 0.15) is 37.9 Å². The Labute approximate surface area is 252 Å². The standard InChI is InChI=1S/C30H30Cl2FN7O2/c1-6-24(41)38-11-12-39(18(5)15-38)28-20-14-22(32)27(35-19-7-8-21(31)23(33)13-19)36-29(20)40(30(42)37-28)26-17(4)9-10-34-25(26)16(2)3/h6-10,13-14,16,18H,1,11-12,15H2,2-5H3,(H,35,36)/t18-/m0/s1. The van der Waals surface area contributed by atoms with E-state index in [-0.39, 0.29) is 33.7 Å². The van der Waals surface area contributed by atoms with Crippen molar-refractivity contribution >= 4 is 57.5 Å². The van der Waals surface area contributed by atoms with Gasteiger partial charge in [0.15, 0.2) is 11.5 Å². The number of aryl methyl sites for hydroxylation is 1. The zero-order valence-corrected chi connectivity index (χ0v) is 25.2. The number of benzene rings is 1. The zero-order chi connectivity index (χ0) is 30.3. The first-order valence-electron chi connectivity index (χ1n) is 13.5. The van der Waals surface area contributed by atoms with Crippen molar-refractivity contribution in [2.75, 3.05) is 29.9 Å². The summed E-state index contributed by atoms with van der Waals surface area (Å²) in [5, 5.41) is 3.83. The zero-order valence-electron chi connectivity index (χ0n) is 23.7. The molecule has 0 unspecified atom stereocenters. The number of rotatable bonds is 6. The molecule has 1 aliphatic rings. The number of halogens is 3. The number of pyridine rings is 2. The van der Waals surface area contributed by atoms with Gasteiger partial charge in [0.05, 0.1) is 26.8 Å². The summed E-state index contributed by atoms with van der Waals surface area (Å²) in [5.74, 6) is -0.118. The lowest BCUT2D eigenvalue weighted by Gasteiger charge is -2.40. The third kappa shape index (κ3) is 5.44. The van der Waals surface area contributed by atoms with Crippen LogP contribution in [0.15, 0.2) is 54.0 Å². The van der Waals surface area contributed by atoms with Gasteiger partial charge in [-0.2, -0.15) is 4.98 Å². The Hall–Kier alpha value is -4.02. The lowest BCUT2D eigenvalue weighted by atomic mass is 10.0. The van der Waals surface area contributed by atoms with Gasteiger partial charge in [0.25, 0.3) is 0 Å². The predicted molar refractivity (Wildman–Crippen MR) is 165 cm³/mol. The number of aromatic nitrogens is 4. The van der Waals surface area contributed by atoms with Crippen LogP contribution in [0.4, 0.5) is 21.7 Å². The van der Waals surface area contributed by atoms with E-state index in [4.69, 9.17) is 28.2 Å². The van der Waals surface area contributed by atoms with Crippen LogP contribution < -0.4 is 15.9 Å². The topological polar surface area (TPSA) is 96.3 Å². The van der Waals surface area contributed by atoms with Gasteiger partial charge in [-0.3, -0.25) is 9.78 Å². The second-order valence-electron chi connectivity index (χ2n) is 10.5. The van der Waals surface area contributed by atoms with E-state index >= 15 is 0 Å². The molecule has 1 N–H and O–H groups in total. The monoisotopic (exact) mass is 609 g/mol. The van der Waals surface area contributed by atoms with Crippen LogP contribution in [0.25, 0.3) is 16.7 Å². The largest absolute Gasteiger partial charge is 0.355 e. The highest BCUT2D eigenvalue weighted by Gasteiger charge is 2.30. The summed E-state index contributed by atoms with van der Waals surface area (Å²) in [7, 11) is 0. The number of piperazine rings is 1. The maximum absolute atomic E-state index is 14.2. The SMILES string of the molecule is C=CC(=O)N1CCN(c2nc(=O)n(-c3c(C)ccnc3C(C)C)c3nc(Nc4ccc(Cl)c(F)c4)c(Cl)cc23)[C@@H](C)C1. The van der Waals surface area contributed by atoms with E-state index < -0.39 is 11.5 Å². The van der Waals surface area contributed by atoms with Crippen LogP contribution in [-0.2, 0) is 4.79 Å². The van der Waals surface area contributed by atoms with Gasteiger partial charge in [-0.1, -0.05) is 43.6 Å². The van der Waals surface area contributed by atoms with Crippen molar-refractivity contribution in [2.45, 2.75) is 39.7 Å². The molecule has 5 rings (SSSR count). The van der Waals surface area contributed by atoms with Gasteiger partial charge < -0.3 is 15.1 Å². The fraction of sp³-hybridized carbons (Fsp3) is 0.300.